The molecule has 1 aromatic heterocycles. The van der Waals surface area contributed by atoms with Crippen LogP contribution in [0.3, 0.4) is 0 Å². The van der Waals surface area contributed by atoms with Gasteiger partial charge in [0.05, 0.1) is 19.2 Å². The Kier molecular flexibility index (Phi) is 14.2. The van der Waals surface area contributed by atoms with E-state index in [-0.39, 0.29) is 42.4 Å². The molecule has 11 heteroatoms. The molecule has 2 aliphatic heterocycles. The van der Waals surface area contributed by atoms with Gasteiger partial charge in [0.2, 0.25) is 11.2 Å². The van der Waals surface area contributed by atoms with Crippen LogP contribution in [0.25, 0.3) is 0 Å². The van der Waals surface area contributed by atoms with Gasteiger partial charge in [-0.1, -0.05) is 64.4 Å². The van der Waals surface area contributed by atoms with Crippen molar-refractivity contribution in [3.63, 3.8) is 0 Å². The van der Waals surface area contributed by atoms with Crippen molar-refractivity contribution in [1.29, 1.82) is 0 Å². The Morgan fingerprint density at radius 3 is 2.33 bits per heavy atom. The third-order valence-corrected chi connectivity index (χ3v) is 8.72. The van der Waals surface area contributed by atoms with Gasteiger partial charge in [0.1, 0.15) is 17.2 Å². The van der Waals surface area contributed by atoms with Gasteiger partial charge in [-0.05, 0) is 32.3 Å². The average molecular weight is 668 g/mol. The highest BCUT2D eigenvalue weighted by Gasteiger charge is 2.43. The van der Waals surface area contributed by atoms with Crippen LogP contribution in [-0.2, 0) is 22.6 Å². The van der Waals surface area contributed by atoms with Gasteiger partial charge in [0, 0.05) is 43.6 Å². The number of esters is 1. The number of nitrogens with one attached hydrogen (secondary N) is 1. The number of unbranched alkanes of at least 4 members (excludes halogenated alkanes) is 11. The van der Waals surface area contributed by atoms with Gasteiger partial charge in [-0.15, -0.1) is 11.8 Å². The molecule has 0 radical (unpaired) electrons. The van der Waals surface area contributed by atoms with Crippen LogP contribution in [0.5, 0.6) is 5.75 Å². The molecule has 0 bridgehead atoms. The Labute approximate surface area is 281 Å². The second-order valence-corrected chi connectivity index (χ2v) is 12.6. The van der Waals surface area contributed by atoms with Gasteiger partial charge in [0.25, 0.3) is 11.8 Å². The average Bonchev–Trinajstić information content (AvgIpc) is 3.43. The zero-order chi connectivity index (χ0) is 34.5. The summed E-state index contributed by atoms with van der Waals surface area (Å²) in [6, 6.07) is 2.69. The van der Waals surface area contributed by atoms with Gasteiger partial charge < -0.3 is 24.3 Å². The van der Waals surface area contributed by atoms with E-state index in [0.717, 1.165) is 44.6 Å². The highest BCUT2D eigenvalue weighted by atomic mass is 19.1. The van der Waals surface area contributed by atoms with E-state index in [1.165, 1.54) is 60.3 Å². The molecule has 0 spiro atoms. The van der Waals surface area contributed by atoms with E-state index in [1.54, 1.807) is 0 Å². The number of aromatic nitrogens is 1. The highest BCUT2D eigenvalue weighted by Crippen LogP contribution is 2.30. The van der Waals surface area contributed by atoms with Crippen molar-refractivity contribution in [2.45, 2.75) is 129 Å². The molecule has 1 N–H and O–H groups in total. The summed E-state index contributed by atoms with van der Waals surface area (Å²) in [7, 11) is 0. The fourth-order valence-corrected chi connectivity index (χ4v) is 6.00. The molecule has 1 fully saturated rings. The number of amides is 2. The predicted molar refractivity (Wildman–Crippen MR) is 177 cm³/mol. The number of rotatable bonds is 17. The summed E-state index contributed by atoms with van der Waals surface area (Å²) in [6.45, 7) is 4.13. The number of ether oxygens (including phenoxy) is 2. The van der Waals surface area contributed by atoms with Crippen molar-refractivity contribution in [2.75, 3.05) is 6.61 Å². The minimum atomic E-state index is -0.927. The van der Waals surface area contributed by atoms with Crippen LogP contribution >= 0.6 is 0 Å². The van der Waals surface area contributed by atoms with E-state index >= 15 is 0 Å². The Balaban J connectivity index is 1.32. The number of halogens is 2. The molecule has 4 rings (SSSR count). The molecule has 0 aliphatic carbocycles. The Bertz CT molecular complexity index is 1560. The summed E-state index contributed by atoms with van der Waals surface area (Å²) in [5, 5.41) is 2.46. The van der Waals surface area contributed by atoms with Crippen molar-refractivity contribution >= 4 is 17.8 Å². The van der Waals surface area contributed by atoms with Gasteiger partial charge in [-0.25, -0.2) is 8.78 Å². The second kappa shape index (κ2) is 18.5. The molecule has 0 unspecified atom stereocenters. The standard InChI is InChI=1S/C37H47F2N3O6/c1-3-4-5-6-7-8-9-10-11-12-13-14-15-16-17-18-32(43)48-35-33-37(46)42-26(2)25-47-31(42)24-41(33)23-29(34(35)44)36(45)40-22-27-19-20-28(38)21-30(27)39/h19-21,23,26,31H,3-9,12-18,22,24-25H2,1-2H3,(H,40,45)/t26-,31+/m0/s1. The first kappa shape index (κ1) is 36.8. The van der Waals surface area contributed by atoms with Crippen LogP contribution in [0, 0.1) is 23.5 Å². The quantitative estimate of drug-likeness (QED) is 0.115. The largest absolute Gasteiger partial charge is 0.420 e. The summed E-state index contributed by atoms with van der Waals surface area (Å²) in [4.78, 5) is 54.7. The summed E-state index contributed by atoms with van der Waals surface area (Å²) in [5.74, 6) is 2.32. The van der Waals surface area contributed by atoms with Crippen molar-refractivity contribution in [3.8, 4) is 17.6 Å². The number of pyridine rings is 1. The molecule has 3 heterocycles. The van der Waals surface area contributed by atoms with Crippen LogP contribution in [0.1, 0.15) is 130 Å². The van der Waals surface area contributed by atoms with Crippen LogP contribution in [0.2, 0.25) is 0 Å². The van der Waals surface area contributed by atoms with Gasteiger partial charge >= 0.3 is 5.97 Å². The molecule has 9 nitrogen and oxygen atoms in total. The number of fused-ring (bicyclic) bond motifs is 2. The molecule has 2 atom stereocenters. The first-order valence-electron chi connectivity index (χ1n) is 17.3. The summed E-state index contributed by atoms with van der Waals surface area (Å²) >= 11 is 0. The lowest BCUT2D eigenvalue weighted by molar-refractivity contribution is -0.134. The first-order chi connectivity index (χ1) is 23.2. The maximum Gasteiger partial charge on any atom is 0.311 e. The van der Waals surface area contributed by atoms with E-state index in [4.69, 9.17) is 9.47 Å². The van der Waals surface area contributed by atoms with Crippen molar-refractivity contribution < 1.29 is 32.6 Å². The maximum absolute atomic E-state index is 14.1. The van der Waals surface area contributed by atoms with Crippen LogP contribution in [0.15, 0.2) is 29.2 Å². The number of hydrogen-bond acceptors (Lipinski definition) is 6. The normalized spacial score (nSPS) is 16.6. The van der Waals surface area contributed by atoms with Crippen molar-refractivity contribution in [1.82, 2.24) is 14.8 Å². The minimum Gasteiger partial charge on any atom is -0.420 e. The lowest BCUT2D eigenvalue weighted by Gasteiger charge is -2.34. The number of carbonyl (C=O) groups excluding carboxylic acids is 3. The maximum atomic E-state index is 14.1. The highest BCUT2D eigenvalue weighted by molar-refractivity contribution is 6.00. The molecule has 2 amide bonds. The molecular formula is C37H47F2N3O6. The Morgan fingerprint density at radius 1 is 0.979 bits per heavy atom. The molecular weight excluding hydrogens is 620 g/mol. The predicted octanol–water partition coefficient (Wildman–Crippen LogP) is 6.65. The monoisotopic (exact) mass is 667 g/mol. The minimum absolute atomic E-state index is 0.0186. The van der Waals surface area contributed by atoms with E-state index in [1.807, 2.05) is 6.92 Å². The molecule has 2 aliphatic rings. The third-order valence-electron chi connectivity index (χ3n) is 8.72. The van der Waals surface area contributed by atoms with E-state index in [0.29, 0.717) is 19.1 Å². The number of nitrogens with zero attached hydrogens (tertiary/aromatic N) is 2. The molecule has 48 heavy (non-hydrogen) atoms. The lowest BCUT2D eigenvalue weighted by atomic mass is 10.1. The van der Waals surface area contributed by atoms with Crippen molar-refractivity contribution in [3.05, 3.63) is 63.1 Å². The van der Waals surface area contributed by atoms with E-state index < -0.39 is 46.8 Å². The fourth-order valence-electron chi connectivity index (χ4n) is 6.00. The summed E-state index contributed by atoms with van der Waals surface area (Å²) in [5.41, 5.74) is -1.42. The first-order valence-corrected chi connectivity index (χ1v) is 17.3. The summed E-state index contributed by atoms with van der Waals surface area (Å²) < 4.78 is 40.1. The lowest BCUT2D eigenvalue weighted by Crippen LogP contribution is -2.49. The molecule has 260 valence electrons. The molecule has 1 saturated heterocycles. The van der Waals surface area contributed by atoms with Crippen LogP contribution < -0.4 is 15.5 Å². The SMILES string of the molecule is CCCCCCCCC#CCCCCCCCC(=O)Oc1c2n(cc(C(=O)NCc3ccc(F)cc3F)c1=O)C[C@H]1OC[C@H](C)N1C2=O. The van der Waals surface area contributed by atoms with Gasteiger partial charge in [0.15, 0.2) is 11.9 Å². The number of benzene rings is 1. The third kappa shape index (κ3) is 9.99. The smallest absolute Gasteiger partial charge is 0.311 e. The zero-order valence-corrected chi connectivity index (χ0v) is 28.1. The second-order valence-electron chi connectivity index (χ2n) is 12.6. The fraction of sp³-hybridized carbons (Fsp3) is 0.568. The number of hydrogen-bond donors (Lipinski definition) is 1. The van der Waals surface area contributed by atoms with E-state index in [9.17, 15) is 28.0 Å². The Morgan fingerprint density at radius 2 is 1.65 bits per heavy atom. The molecule has 0 saturated carbocycles. The zero-order valence-electron chi connectivity index (χ0n) is 28.1. The Hall–Kier alpha value is -4.04. The van der Waals surface area contributed by atoms with Crippen LogP contribution in [-0.4, -0.2) is 46.1 Å². The topological polar surface area (TPSA) is 107 Å². The summed E-state index contributed by atoms with van der Waals surface area (Å²) in [6.07, 6.45) is 14.3. The van der Waals surface area contributed by atoms with E-state index in [2.05, 4.69) is 24.1 Å². The molecule has 2 aromatic rings. The number of carbonyl (C=O) groups is 3. The molecule has 1 aromatic carbocycles. The van der Waals surface area contributed by atoms with Gasteiger partial charge in [-0.3, -0.25) is 19.2 Å². The van der Waals surface area contributed by atoms with Gasteiger partial charge in [-0.2, -0.15) is 0 Å². The van der Waals surface area contributed by atoms with Crippen molar-refractivity contribution in [2.24, 2.45) is 0 Å². The van der Waals surface area contributed by atoms with Crippen LogP contribution in [0.4, 0.5) is 8.78 Å².